The maximum Gasteiger partial charge on any atom is 0.120 e. The van der Waals surface area contributed by atoms with E-state index in [-0.39, 0.29) is 6.61 Å². The van der Waals surface area contributed by atoms with Gasteiger partial charge in [-0.25, -0.2) is 0 Å². The molecule has 3 nitrogen and oxygen atoms in total. The van der Waals surface area contributed by atoms with Crippen LogP contribution in [0.2, 0.25) is 0 Å². The Morgan fingerprint density at radius 1 is 1.41 bits per heavy atom. The molecule has 1 fully saturated rings. The first-order valence-electron chi connectivity index (χ1n) is 5.99. The van der Waals surface area contributed by atoms with E-state index in [1.807, 2.05) is 12.1 Å². The normalized spacial score (nSPS) is 21.6. The summed E-state index contributed by atoms with van der Waals surface area (Å²) >= 11 is 3.42. The first-order valence-corrected chi connectivity index (χ1v) is 6.79. The zero-order valence-corrected chi connectivity index (χ0v) is 11.4. The maximum absolute atomic E-state index is 9.79. The molecule has 2 N–H and O–H groups in total. The molecule has 1 aliphatic heterocycles. The van der Waals surface area contributed by atoms with Crippen molar-refractivity contribution in [3.8, 4) is 5.75 Å². The van der Waals surface area contributed by atoms with Crippen LogP contribution in [0.25, 0.3) is 0 Å². The molecule has 1 aliphatic rings. The van der Waals surface area contributed by atoms with E-state index in [4.69, 9.17) is 0 Å². The second kappa shape index (κ2) is 5.85. The Balaban J connectivity index is 2.02. The summed E-state index contributed by atoms with van der Waals surface area (Å²) in [5.74, 6) is 0.734. The summed E-state index contributed by atoms with van der Waals surface area (Å²) < 4.78 is 0.987. The van der Waals surface area contributed by atoms with Crippen molar-refractivity contribution in [2.75, 3.05) is 19.7 Å². The minimum atomic E-state index is 0.265. The number of aliphatic hydroxyl groups excluding tert-OH is 1. The fraction of sp³-hybridized carbons (Fsp3) is 0.538. The van der Waals surface area contributed by atoms with Gasteiger partial charge in [0.05, 0.1) is 0 Å². The quantitative estimate of drug-likeness (QED) is 0.900. The monoisotopic (exact) mass is 299 g/mol. The van der Waals surface area contributed by atoms with Crippen molar-refractivity contribution in [3.63, 3.8) is 0 Å². The molecule has 0 aliphatic carbocycles. The number of halogens is 1. The van der Waals surface area contributed by atoms with Crippen molar-refractivity contribution >= 4 is 15.9 Å². The van der Waals surface area contributed by atoms with E-state index in [0.717, 1.165) is 42.5 Å². The first kappa shape index (κ1) is 12.9. The SMILES string of the molecule is OC[C@H]1CCCN(Cc2cc(Br)ccc2O)C1. The molecule has 0 amide bonds. The molecule has 1 aromatic carbocycles. The van der Waals surface area contributed by atoms with E-state index >= 15 is 0 Å². The predicted molar refractivity (Wildman–Crippen MR) is 70.9 cm³/mol. The van der Waals surface area contributed by atoms with Crippen LogP contribution in [0.4, 0.5) is 0 Å². The molecule has 0 spiro atoms. The Hall–Kier alpha value is -0.580. The lowest BCUT2D eigenvalue weighted by Gasteiger charge is -2.31. The Bertz CT molecular complexity index is 384. The zero-order valence-electron chi connectivity index (χ0n) is 9.77. The number of piperidine rings is 1. The van der Waals surface area contributed by atoms with E-state index in [1.54, 1.807) is 6.07 Å². The molecule has 17 heavy (non-hydrogen) atoms. The number of phenolic OH excluding ortho intramolecular Hbond substituents is 1. The van der Waals surface area contributed by atoms with Gasteiger partial charge >= 0.3 is 0 Å². The van der Waals surface area contributed by atoms with Crippen LogP contribution >= 0.6 is 15.9 Å². The maximum atomic E-state index is 9.79. The lowest BCUT2D eigenvalue weighted by molar-refractivity contribution is 0.115. The second-order valence-electron chi connectivity index (χ2n) is 4.70. The molecule has 1 heterocycles. The molecule has 4 heteroatoms. The van der Waals surface area contributed by atoms with Crippen molar-refractivity contribution in [3.05, 3.63) is 28.2 Å². The van der Waals surface area contributed by atoms with Gasteiger partial charge in [-0.3, -0.25) is 4.90 Å². The fourth-order valence-electron chi connectivity index (χ4n) is 2.37. The van der Waals surface area contributed by atoms with E-state index in [9.17, 15) is 10.2 Å². The average Bonchev–Trinajstić information content (AvgIpc) is 2.34. The van der Waals surface area contributed by atoms with Crippen molar-refractivity contribution < 1.29 is 10.2 Å². The van der Waals surface area contributed by atoms with Crippen LogP contribution in [0, 0.1) is 5.92 Å². The first-order chi connectivity index (χ1) is 8.19. The van der Waals surface area contributed by atoms with Crippen molar-refractivity contribution in [2.45, 2.75) is 19.4 Å². The number of nitrogens with zero attached hydrogens (tertiary/aromatic N) is 1. The molecule has 0 aromatic heterocycles. The molecular weight excluding hydrogens is 282 g/mol. The summed E-state index contributed by atoms with van der Waals surface area (Å²) in [6.07, 6.45) is 2.23. The Morgan fingerprint density at radius 3 is 3.00 bits per heavy atom. The third kappa shape index (κ3) is 3.44. The average molecular weight is 300 g/mol. The molecule has 1 aromatic rings. The van der Waals surface area contributed by atoms with Gasteiger partial charge < -0.3 is 10.2 Å². The van der Waals surface area contributed by atoms with Gasteiger partial charge in [-0.1, -0.05) is 15.9 Å². The summed E-state index contributed by atoms with van der Waals surface area (Å²) in [6, 6.07) is 5.51. The Labute approximate surface area is 110 Å². The van der Waals surface area contributed by atoms with Crippen LogP contribution in [-0.2, 0) is 6.54 Å². The van der Waals surface area contributed by atoms with Crippen LogP contribution in [0.5, 0.6) is 5.75 Å². The third-order valence-electron chi connectivity index (χ3n) is 3.30. The molecular formula is C13H18BrNO2. The van der Waals surface area contributed by atoms with Crippen molar-refractivity contribution in [1.82, 2.24) is 4.90 Å². The standard InChI is InChI=1S/C13H18BrNO2/c14-12-3-4-13(17)11(6-12)8-15-5-1-2-10(7-15)9-16/h3-4,6,10,16-17H,1-2,5,7-9H2/t10-/m0/s1. The molecule has 1 saturated heterocycles. The number of benzene rings is 1. The predicted octanol–water partition coefficient (Wildman–Crippen LogP) is 2.36. The number of hydrogen-bond acceptors (Lipinski definition) is 3. The summed E-state index contributed by atoms with van der Waals surface area (Å²) in [7, 11) is 0. The van der Waals surface area contributed by atoms with Gasteiger partial charge in [0.1, 0.15) is 5.75 Å². The Morgan fingerprint density at radius 2 is 2.24 bits per heavy atom. The van der Waals surface area contributed by atoms with E-state index in [0.29, 0.717) is 11.7 Å². The number of rotatable bonds is 3. The molecule has 0 saturated carbocycles. The van der Waals surface area contributed by atoms with Gasteiger partial charge in [0, 0.05) is 29.7 Å². The molecule has 1 atom stereocenters. The number of hydrogen-bond donors (Lipinski definition) is 2. The van der Waals surface area contributed by atoms with Crippen LogP contribution < -0.4 is 0 Å². The Kier molecular flexibility index (Phi) is 4.42. The molecule has 0 unspecified atom stereocenters. The van der Waals surface area contributed by atoms with E-state index in [1.165, 1.54) is 0 Å². The minimum Gasteiger partial charge on any atom is -0.508 e. The number of phenols is 1. The number of aliphatic hydroxyl groups is 1. The summed E-state index contributed by atoms with van der Waals surface area (Å²) in [4.78, 5) is 2.30. The zero-order chi connectivity index (χ0) is 12.3. The third-order valence-corrected chi connectivity index (χ3v) is 3.79. The lowest BCUT2D eigenvalue weighted by atomic mass is 9.98. The van der Waals surface area contributed by atoms with Crippen LogP contribution in [0.1, 0.15) is 18.4 Å². The molecule has 94 valence electrons. The highest BCUT2D eigenvalue weighted by Gasteiger charge is 2.19. The highest BCUT2D eigenvalue weighted by atomic mass is 79.9. The van der Waals surface area contributed by atoms with E-state index in [2.05, 4.69) is 20.8 Å². The summed E-state index contributed by atoms with van der Waals surface area (Å²) in [6.45, 7) is 2.98. The lowest BCUT2D eigenvalue weighted by Crippen LogP contribution is -2.36. The van der Waals surface area contributed by atoms with Crippen LogP contribution in [0.3, 0.4) is 0 Å². The summed E-state index contributed by atoms with van der Waals surface area (Å²) in [5.41, 5.74) is 0.943. The number of aromatic hydroxyl groups is 1. The highest BCUT2D eigenvalue weighted by molar-refractivity contribution is 9.10. The van der Waals surface area contributed by atoms with E-state index < -0.39 is 0 Å². The minimum absolute atomic E-state index is 0.265. The smallest absolute Gasteiger partial charge is 0.120 e. The molecule has 2 rings (SSSR count). The highest BCUT2D eigenvalue weighted by Crippen LogP contribution is 2.25. The molecule has 0 bridgehead atoms. The van der Waals surface area contributed by atoms with Crippen molar-refractivity contribution in [1.29, 1.82) is 0 Å². The largest absolute Gasteiger partial charge is 0.508 e. The topological polar surface area (TPSA) is 43.7 Å². The summed E-state index contributed by atoms with van der Waals surface area (Å²) in [5, 5.41) is 19.0. The van der Waals surface area contributed by atoms with Crippen molar-refractivity contribution in [2.24, 2.45) is 5.92 Å². The van der Waals surface area contributed by atoms with Crippen LogP contribution in [0.15, 0.2) is 22.7 Å². The van der Waals surface area contributed by atoms with Gasteiger partial charge in [-0.05, 0) is 43.5 Å². The van der Waals surface area contributed by atoms with Gasteiger partial charge in [0.2, 0.25) is 0 Å². The van der Waals surface area contributed by atoms with Gasteiger partial charge in [0.25, 0.3) is 0 Å². The van der Waals surface area contributed by atoms with Gasteiger partial charge in [-0.2, -0.15) is 0 Å². The van der Waals surface area contributed by atoms with Crippen LogP contribution in [-0.4, -0.2) is 34.8 Å². The number of likely N-dealkylation sites (tertiary alicyclic amines) is 1. The molecule has 0 radical (unpaired) electrons. The fourth-order valence-corrected chi connectivity index (χ4v) is 2.77. The van der Waals surface area contributed by atoms with Gasteiger partial charge in [-0.15, -0.1) is 0 Å². The second-order valence-corrected chi connectivity index (χ2v) is 5.61. The van der Waals surface area contributed by atoms with Gasteiger partial charge in [0.15, 0.2) is 0 Å².